The first-order valence-electron chi connectivity index (χ1n) is 5.07. The fourth-order valence-electron chi connectivity index (χ4n) is 1.75. The molecule has 0 spiro atoms. The average Bonchev–Trinajstić information content (AvgIpc) is 2.47. The largest absolute Gasteiger partial charge is 0.376 e. The van der Waals surface area contributed by atoms with Gasteiger partial charge in [0.25, 0.3) is 0 Å². The van der Waals surface area contributed by atoms with E-state index in [-0.39, 0.29) is 0 Å². The van der Waals surface area contributed by atoms with Crippen LogP contribution >= 0.6 is 22.6 Å². The van der Waals surface area contributed by atoms with Gasteiger partial charge in [-0.2, -0.15) is 5.10 Å². The Morgan fingerprint density at radius 3 is 3.07 bits per heavy atom. The van der Waals surface area contributed by atoms with E-state index in [0.29, 0.717) is 6.10 Å². The summed E-state index contributed by atoms with van der Waals surface area (Å²) in [7, 11) is 0. The second-order valence-corrected chi connectivity index (χ2v) is 4.84. The third-order valence-electron chi connectivity index (χ3n) is 2.55. The second kappa shape index (κ2) is 4.61. The Hall–Kier alpha value is -0.100. The van der Waals surface area contributed by atoms with Crippen molar-refractivity contribution in [3.05, 3.63) is 15.5 Å². The number of halogens is 1. The highest BCUT2D eigenvalue weighted by Gasteiger charge is 2.15. The first-order chi connectivity index (χ1) is 6.75. The van der Waals surface area contributed by atoms with E-state index >= 15 is 0 Å². The Morgan fingerprint density at radius 1 is 1.64 bits per heavy atom. The standard InChI is InChI=1S/C10H15IN2O/c1-8-6-13(12-10(8)11)7-9-4-2-3-5-14-9/h6,9H,2-5,7H2,1H3. The number of ether oxygens (including phenoxy) is 1. The quantitative estimate of drug-likeness (QED) is 0.784. The van der Waals surface area contributed by atoms with Crippen LogP contribution in [-0.2, 0) is 11.3 Å². The Balaban J connectivity index is 1.95. The number of hydrogen-bond acceptors (Lipinski definition) is 2. The van der Waals surface area contributed by atoms with Crippen molar-refractivity contribution in [3.8, 4) is 0 Å². The topological polar surface area (TPSA) is 27.1 Å². The number of aryl methyl sites for hydroxylation is 1. The van der Waals surface area contributed by atoms with Crippen molar-refractivity contribution >= 4 is 22.6 Å². The minimum Gasteiger partial charge on any atom is -0.376 e. The van der Waals surface area contributed by atoms with Crippen LogP contribution in [0, 0.1) is 10.6 Å². The van der Waals surface area contributed by atoms with Crippen molar-refractivity contribution in [1.29, 1.82) is 0 Å². The normalized spacial score (nSPS) is 22.6. The number of aromatic nitrogens is 2. The molecule has 0 aromatic carbocycles. The van der Waals surface area contributed by atoms with Crippen molar-refractivity contribution in [2.45, 2.75) is 38.8 Å². The zero-order valence-corrected chi connectivity index (χ0v) is 10.5. The van der Waals surface area contributed by atoms with Gasteiger partial charge in [-0.25, -0.2) is 0 Å². The van der Waals surface area contributed by atoms with E-state index in [1.807, 2.05) is 4.68 Å². The molecule has 1 aliphatic rings. The SMILES string of the molecule is Cc1cn(CC2CCCCO2)nc1I. The van der Waals surface area contributed by atoms with Crippen molar-refractivity contribution in [3.63, 3.8) is 0 Å². The molecule has 0 radical (unpaired) electrons. The van der Waals surface area contributed by atoms with Gasteiger partial charge in [-0.3, -0.25) is 4.68 Å². The van der Waals surface area contributed by atoms with Crippen molar-refractivity contribution in [2.75, 3.05) is 6.61 Å². The van der Waals surface area contributed by atoms with Gasteiger partial charge in [-0.1, -0.05) is 0 Å². The summed E-state index contributed by atoms with van der Waals surface area (Å²) >= 11 is 2.27. The Morgan fingerprint density at radius 2 is 2.50 bits per heavy atom. The Labute approximate surface area is 98.0 Å². The molecule has 14 heavy (non-hydrogen) atoms. The van der Waals surface area contributed by atoms with Crippen LogP contribution in [0.1, 0.15) is 24.8 Å². The van der Waals surface area contributed by atoms with Gasteiger partial charge in [0.05, 0.1) is 12.6 Å². The molecule has 0 bridgehead atoms. The van der Waals surface area contributed by atoms with Gasteiger partial charge in [0.2, 0.25) is 0 Å². The van der Waals surface area contributed by atoms with Crippen LogP contribution in [0.2, 0.25) is 0 Å². The van der Waals surface area contributed by atoms with Gasteiger partial charge in [-0.15, -0.1) is 0 Å². The van der Waals surface area contributed by atoms with E-state index in [0.717, 1.165) is 16.9 Å². The van der Waals surface area contributed by atoms with Crippen LogP contribution < -0.4 is 0 Å². The first-order valence-corrected chi connectivity index (χ1v) is 6.15. The number of rotatable bonds is 2. The highest BCUT2D eigenvalue weighted by Crippen LogP contribution is 2.15. The molecule has 3 nitrogen and oxygen atoms in total. The lowest BCUT2D eigenvalue weighted by Crippen LogP contribution is -2.24. The molecular weight excluding hydrogens is 291 g/mol. The monoisotopic (exact) mass is 306 g/mol. The van der Waals surface area contributed by atoms with Crippen molar-refractivity contribution < 1.29 is 4.74 Å². The molecule has 4 heteroatoms. The van der Waals surface area contributed by atoms with E-state index < -0.39 is 0 Å². The summed E-state index contributed by atoms with van der Waals surface area (Å²) in [5, 5.41) is 4.43. The van der Waals surface area contributed by atoms with Crippen LogP contribution in [-0.4, -0.2) is 22.5 Å². The van der Waals surface area contributed by atoms with E-state index in [1.165, 1.54) is 24.8 Å². The summed E-state index contributed by atoms with van der Waals surface area (Å²) in [5.74, 6) is 0. The summed E-state index contributed by atoms with van der Waals surface area (Å²) in [6, 6.07) is 0. The molecule has 1 atom stereocenters. The summed E-state index contributed by atoms with van der Waals surface area (Å²) < 4.78 is 8.77. The average molecular weight is 306 g/mol. The second-order valence-electron chi connectivity index (χ2n) is 3.81. The molecule has 0 N–H and O–H groups in total. The highest BCUT2D eigenvalue weighted by molar-refractivity contribution is 14.1. The summed E-state index contributed by atoms with van der Waals surface area (Å²) in [6.45, 7) is 3.92. The zero-order chi connectivity index (χ0) is 9.97. The minimum atomic E-state index is 0.374. The van der Waals surface area contributed by atoms with E-state index in [4.69, 9.17) is 4.74 Å². The Bertz CT molecular complexity index is 286. The predicted molar refractivity (Wildman–Crippen MR) is 63.3 cm³/mol. The molecule has 1 saturated heterocycles. The lowest BCUT2D eigenvalue weighted by atomic mass is 10.1. The molecule has 2 heterocycles. The predicted octanol–water partition coefficient (Wildman–Crippen LogP) is 2.37. The van der Waals surface area contributed by atoms with E-state index in [1.54, 1.807) is 0 Å². The fourth-order valence-corrected chi connectivity index (χ4v) is 2.17. The van der Waals surface area contributed by atoms with Crippen LogP contribution in [0.3, 0.4) is 0 Å². The third kappa shape index (κ3) is 2.48. The molecule has 0 aliphatic carbocycles. The highest BCUT2D eigenvalue weighted by atomic mass is 127. The van der Waals surface area contributed by atoms with Gasteiger partial charge in [0.15, 0.2) is 0 Å². The van der Waals surface area contributed by atoms with Gasteiger partial charge < -0.3 is 4.74 Å². The summed E-state index contributed by atoms with van der Waals surface area (Å²) in [6.07, 6.45) is 6.16. The maximum absolute atomic E-state index is 5.67. The van der Waals surface area contributed by atoms with Crippen molar-refractivity contribution in [1.82, 2.24) is 9.78 Å². The molecule has 78 valence electrons. The molecule has 2 rings (SSSR count). The molecule has 0 amide bonds. The van der Waals surface area contributed by atoms with E-state index in [2.05, 4.69) is 40.8 Å². The number of hydrogen-bond donors (Lipinski definition) is 0. The lowest BCUT2D eigenvalue weighted by Gasteiger charge is -2.22. The molecular formula is C10H15IN2O. The van der Waals surface area contributed by atoms with Gasteiger partial charge in [0.1, 0.15) is 3.70 Å². The summed E-state index contributed by atoms with van der Waals surface area (Å²) in [5.41, 5.74) is 1.25. The molecule has 1 aromatic rings. The van der Waals surface area contributed by atoms with Crippen LogP contribution in [0.15, 0.2) is 6.20 Å². The number of nitrogens with zero attached hydrogens (tertiary/aromatic N) is 2. The third-order valence-corrected chi connectivity index (χ3v) is 3.62. The summed E-state index contributed by atoms with van der Waals surface area (Å²) in [4.78, 5) is 0. The lowest BCUT2D eigenvalue weighted by molar-refractivity contribution is 0.00394. The van der Waals surface area contributed by atoms with Crippen molar-refractivity contribution in [2.24, 2.45) is 0 Å². The minimum absolute atomic E-state index is 0.374. The van der Waals surface area contributed by atoms with Gasteiger partial charge in [0, 0.05) is 18.4 Å². The maximum atomic E-state index is 5.67. The van der Waals surface area contributed by atoms with Gasteiger partial charge in [-0.05, 0) is 48.8 Å². The zero-order valence-electron chi connectivity index (χ0n) is 8.37. The van der Waals surface area contributed by atoms with Gasteiger partial charge >= 0.3 is 0 Å². The smallest absolute Gasteiger partial charge is 0.126 e. The van der Waals surface area contributed by atoms with Crippen LogP contribution in [0.25, 0.3) is 0 Å². The Kier molecular flexibility index (Phi) is 3.43. The van der Waals surface area contributed by atoms with E-state index in [9.17, 15) is 0 Å². The molecule has 0 saturated carbocycles. The molecule has 1 aromatic heterocycles. The molecule has 1 unspecified atom stereocenters. The van der Waals surface area contributed by atoms with Crippen LogP contribution in [0.4, 0.5) is 0 Å². The fraction of sp³-hybridized carbons (Fsp3) is 0.700. The first kappa shape index (κ1) is 10.4. The van der Waals surface area contributed by atoms with Crippen LogP contribution in [0.5, 0.6) is 0 Å². The molecule has 1 aliphatic heterocycles. The molecule has 1 fully saturated rings. The maximum Gasteiger partial charge on any atom is 0.126 e.